The predicted molar refractivity (Wildman–Crippen MR) is 121 cm³/mol. The van der Waals surface area contributed by atoms with Crippen LogP contribution in [0.2, 0.25) is 0 Å². The molecule has 2 aromatic rings. The van der Waals surface area contributed by atoms with E-state index in [1.807, 2.05) is 24.3 Å². The Balaban J connectivity index is 1.90. The number of benzene rings is 2. The number of aryl methyl sites for hydroxylation is 1. The highest BCUT2D eigenvalue weighted by atomic mass is 19.1. The molecule has 160 valence electrons. The summed E-state index contributed by atoms with van der Waals surface area (Å²) in [5.74, 6) is 1.32. The topological polar surface area (TPSA) is 33.0 Å². The fourth-order valence-electron chi connectivity index (χ4n) is 4.81. The number of hydrogen-bond acceptors (Lipinski definition) is 2. The van der Waals surface area contributed by atoms with Crippen molar-refractivity contribution in [2.45, 2.75) is 77.6 Å². The maximum atomic E-state index is 15.1. The van der Waals surface area contributed by atoms with Gasteiger partial charge in [0.2, 0.25) is 0 Å². The number of halogens is 1. The first-order chi connectivity index (χ1) is 14.6. The maximum Gasteiger partial charge on any atom is 0.168 e. The van der Waals surface area contributed by atoms with Crippen LogP contribution in [0, 0.1) is 23.1 Å². The van der Waals surface area contributed by atoms with Gasteiger partial charge in [0.15, 0.2) is 11.6 Å². The van der Waals surface area contributed by atoms with Gasteiger partial charge < -0.3 is 4.74 Å². The zero-order valence-corrected chi connectivity index (χ0v) is 18.6. The zero-order valence-electron chi connectivity index (χ0n) is 18.6. The lowest BCUT2D eigenvalue weighted by atomic mass is 9.77. The molecule has 3 heteroatoms. The SMILES string of the molecule is CCCCCc1ccc(-c2ccc(C3CCC(CC)CC3)cc2C#N)c(OC)c1F. The van der Waals surface area contributed by atoms with E-state index >= 15 is 4.39 Å². The smallest absolute Gasteiger partial charge is 0.168 e. The largest absolute Gasteiger partial charge is 0.493 e. The zero-order chi connectivity index (χ0) is 21.5. The number of rotatable bonds is 8. The normalized spacial score (nSPS) is 18.8. The van der Waals surface area contributed by atoms with E-state index in [1.165, 1.54) is 44.8 Å². The van der Waals surface area contributed by atoms with Gasteiger partial charge in [-0.25, -0.2) is 4.39 Å². The fourth-order valence-corrected chi connectivity index (χ4v) is 4.81. The third-order valence-electron chi connectivity index (χ3n) is 6.78. The Hall–Kier alpha value is -2.34. The van der Waals surface area contributed by atoms with Crippen molar-refractivity contribution in [3.63, 3.8) is 0 Å². The van der Waals surface area contributed by atoms with E-state index in [-0.39, 0.29) is 11.6 Å². The van der Waals surface area contributed by atoms with Crippen molar-refractivity contribution in [1.29, 1.82) is 5.26 Å². The number of methoxy groups -OCH3 is 1. The summed E-state index contributed by atoms with van der Waals surface area (Å²) in [5, 5.41) is 9.83. The third-order valence-corrected chi connectivity index (χ3v) is 6.78. The molecule has 0 aliphatic heterocycles. The highest BCUT2D eigenvalue weighted by Crippen LogP contribution is 2.40. The molecule has 0 radical (unpaired) electrons. The quantitative estimate of drug-likeness (QED) is 0.418. The Bertz CT molecular complexity index is 890. The van der Waals surface area contributed by atoms with Gasteiger partial charge >= 0.3 is 0 Å². The lowest BCUT2D eigenvalue weighted by molar-refractivity contribution is 0.319. The van der Waals surface area contributed by atoms with E-state index in [0.717, 1.165) is 30.7 Å². The third kappa shape index (κ3) is 4.86. The van der Waals surface area contributed by atoms with Gasteiger partial charge in [-0.05, 0) is 67.6 Å². The molecule has 0 heterocycles. The number of unbranched alkanes of at least 4 members (excludes halogenated alkanes) is 2. The van der Waals surface area contributed by atoms with Crippen LogP contribution in [0.25, 0.3) is 11.1 Å². The summed E-state index contributed by atoms with van der Waals surface area (Å²) >= 11 is 0. The van der Waals surface area contributed by atoms with Crippen LogP contribution in [0.1, 0.15) is 87.8 Å². The molecule has 2 aromatic carbocycles. The minimum Gasteiger partial charge on any atom is -0.493 e. The summed E-state index contributed by atoms with van der Waals surface area (Å²) in [6.45, 7) is 4.41. The molecular weight excluding hydrogens is 373 g/mol. The lowest BCUT2D eigenvalue weighted by Gasteiger charge is -2.28. The molecule has 0 spiro atoms. The molecule has 30 heavy (non-hydrogen) atoms. The highest BCUT2D eigenvalue weighted by Gasteiger charge is 2.23. The molecular formula is C27H34FNO. The number of ether oxygens (including phenoxy) is 1. The van der Waals surface area contributed by atoms with Crippen LogP contribution in [0.5, 0.6) is 5.75 Å². The summed E-state index contributed by atoms with van der Waals surface area (Å²) in [6, 6.07) is 12.2. The fraction of sp³-hybridized carbons (Fsp3) is 0.519. The van der Waals surface area contributed by atoms with E-state index in [2.05, 4.69) is 26.0 Å². The Morgan fingerprint density at radius 3 is 2.40 bits per heavy atom. The number of nitriles is 1. The molecule has 0 unspecified atom stereocenters. The molecule has 1 aliphatic carbocycles. The van der Waals surface area contributed by atoms with E-state index in [0.29, 0.717) is 29.0 Å². The van der Waals surface area contributed by atoms with E-state index in [9.17, 15) is 5.26 Å². The van der Waals surface area contributed by atoms with Crippen LogP contribution >= 0.6 is 0 Å². The van der Waals surface area contributed by atoms with E-state index in [1.54, 1.807) is 0 Å². The second-order valence-corrected chi connectivity index (χ2v) is 8.62. The average molecular weight is 408 g/mol. The van der Waals surface area contributed by atoms with Gasteiger partial charge in [-0.2, -0.15) is 5.26 Å². The van der Waals surface area contributed by atoms with Crippen LogP contribution in [0.15, 0.2) is 30.3 Å². The first-order valence-corrected chi connectivity index (χ1v) is 11.5. The first-order valence-electron chi connectivity index (χ1n) is 11.5. The standard InChI is InChI=1S/C27H34FNO/c1-4-6-7-8-21-13-16-25(27(30-3)26(21)28)24-15-14-22(17-23(24)18-29)20-11-9-19(5-2)10-12-20/h13-17,19-20H,4-12H2,1-3H3. The Kier molecular flexibility index (Phi) is 7.91. The Morgan fingerprint density at radius 1 is 1.03 bits per heavy atom. The summed E-state index contributed by atoms with van der Waals surface area (Å²) < 4.78 is 20.6. The lowest BCUT2D eigenvalue weighted by Crippen LogP contribution is -2.12. The van der Waals surface area contributed by atoms with Crippen molar-refractivity contribution < 1.29 is 9.13 Å². The van der Waals surface area contributed by atoms with Crippen LogP contribution in [-0.2, 0) is 6.42 Å². The highest BCUT2D eigenvalue weighted by molar-refractivity contribution is 5.77. The number of hydrogen-bond donors (Lipinski definition) is 0. The first kappa shape index (κ1) is 22.3. The second-order valence-electron chi connectivity index (χ2n) is 8.62. The summed E-state index contributed by atoms with van der Waals surface area (Å²) in [4.78, 5) is 0. The van der Waals surface area contributed by atoms with Crippen LogP contribution in [0.3, 0.4) is 0 Å². The number of nitrogens with zero attached hydrogens (tertiary/aromatic N) is 1. The van der Waals surface area contributed by atoms with Crippen molar-refractivity contribution in [3.8, 4) is 22.9 Å². The van der Waals surface area contributed by atoms with Gasteiger partial charge in [0.1, 0.15) is 0 Å². The van der Waals surface area contributed by atoms with Crippen molar-refractivity contribution in [1.82, 2.24) is 0 Å². The van der Waals surface area contributed by atoms with Gasteiger partial charge in [0.05, 0.1) is 18.7 Å². The van der Waals surface area contributed by atoms with Gasteiger partial charge in [-0.3, -0.25) is 0 Å². The van der Waals surface area contributed by atoms with Crippen LogP contribution < -0.4 is 4.74 Å². The van der Waals surface area contributed by atoms with Gasteiger partial charge in [0.25, 0.3) is 0 Å². The maximum absolute atomic E-state index is 15.1. The van der Waals surface area contributed by atoms with Crippen molar-refractivity contribution in [2.75, 3.05) is 7.11 Å². The molecule has 0 aromatic heterocycles. The molecule has 0 saturated heterocycles. The van der Waals surface area contributed by atoms with E-state index in [4.69, 9.17) is 4.74 Å². The van der Waals surface area contributed by atoms with Crippen LogP contribution in [0.4, 0.5) is 4.39 Å². The Labute approximate surface area is 181 Å². The van der Waals surface area contributed by atoms with Crippen molar-refractivity contribution in [3.05, 3.63) is 52.8 Å². The minimum atomic E-state index is -0.294. The van der Waals surface area contributed by atoms with Crippen molar-refractivity contribution in [2.24, 2.45) is 5.92 Å². The molecule has 1 saturated carbocycles. The molecule has 2 nitrogen and oxygen atoms in total. The monoisotopic (exact) mass is 407 g/mol. The van der Waals surface area contributed by atoms with Gasteiger partial charge in [0, 0.05) is 11.1 Å². The Morgan fingerprint density at radius 2 is 1.77 bits per heavy atom. The van der Waals surface area contributed by atoms with Crippen molar-refractivity contribution >= 4 is 0 Å². The molecule has 0 amide bonds. The molecule has 1 fully saturated rings. The molecule has 0 atom stereocenters. The average Bonchev–Trinajstić information content (AvgIpc) is 2.79. The molecule has 0 bridgehead atoms. The minimum absolute atomic E-state index is 0.247. The second kappa shape index (κ2) is 10.6. The van der Waals surface area contributed by atoms with E-state index < -0.39 is 0 Å². The molecule has 1 aliphatic rings. The van der Waals surface area contributed by atoms with Crippen LogP contribution in [-0.4, -0.2) is 7.11 Å². The molecule has 3 rings (SSSR count). The summed E-state index contributed by atoms with van der Waals surface area (Å²) in [7, 11) is 1.50. The predicted octanol–water partition coefficient (Wildman–Crippen LogP) is 7.79. The van der Waals surface area contributed by atoms with Gasteiger partial charge in [-0.1, -0.05) is 57.4 Å². The molecule has 0 N–H and O–H groups in total. The summed E-state index contributed by atoms with van der Waals surface area (Å²) in [5.41, 5.74) is 3.93. The summed E-state index contributed by atoms with van der Waals surface area (Å²) in [6.07, 6.45) is 10.0. The van der Waals surface area contributed by atoms with Gasteiger partial charge in [-0.15, -0.1) is 0 Å².